The van der Waals surface area contributed by atoms with Crippen LogP contribution in [0.15, 0.2) is 10.9 Å². The lowest BCUT2D eigenvalue weighted by Crippen LogP contribution is -2.24. The Kier molecular flexibility index (Phi) is 3.78. The fourth-order valence-electron chi connectivity index (χ4n) is 1.31. The lowest BCUT2D eigenvalue weighted by Gasteiger charge is -2.17. The lowest BCUT2D eigenvalue weighted by atomic mass is 10.1. The van der Waals surface area contributed by atoms with Gasteiger partial charge in [-0.1, -0.05) is 0 Å². The molecular formula is C9H4F6N2O2. The maximum atomic E-state index is 12.7. The molecule has 0 fully saturated rings. The zero-order chi connectivity index (χ0) is 14.8. The Bertz CT molecular complexity index is 566. The third-order valence-electron chi connectivity index (χ3n) is 1.85. The second-order valence-electron chi connectivity index (χ2n) is 3.23. The summed E-state index contributed by atoms with van der Waals surface area (Å²) in [5, 5.41) is 8.32. The highest BCUT2D eigenvalue weighted by molar-refractivity contribution is 5.39. The number of pyridine rings is 1. The summed E-state index contributed by atoms with van der Waals surface area (Å²) in [5.41, 5.74) is -4.05. The van der Waals surface area contributed by atoms with Gasteiger partial charge >= 0.3 is 12.5 Å². The second kappa shape index (κ2) is 4.83. The van der Waals surface area contributed by atoms with Crippen LogP contribution in [-0.4, -0.2) is 11.3 Å². The Morgan fingerprint density at radius 1 is 1.26 bits per heavy atom. The Morgan fingerprint density at radius 2 is 1.84 bits per heavy atom. The van der Waals surface area contributed by atoms with Gasteiger partial charge in [0.1, 0.15) is 11.3 Å². The standard InChI is InChI=1S/C9H4F6N2O2/c10-8(11,12)7-4(1-2-16)17-6(18)3-5(7)19-9(13,14)15/h3H,1H2,(H,17,18). The van der Waals surface area contributed by atoms with Gasteiger partial charge in [0.2, 0.25) is 0 Å². The molecule has 19 heavy (non-hydrogen) atoms. The summed E-state index contributed by atoms with van der Waals surface area (Å²) >= 11 is 0. The average molecular weight is 286 g/mol. The number of hydrogen-bond donors (Lipinski definition) is 1. The number of aromatic amines is 1. The molecule has 0 amide bonds. The molecule has 0 saturated carbocycles. The Morgan fingerprint density at radius 3 is 2.26 bits per heavy atom. The first kappa shape index (κ1) is 14.9. The smallest absolute Gasteiger partial charge is 0.405 e. The fraction of sp³-hybridized carbons (Fsp3) is 0.333. The minimum atomic E-state index is -5.39. The molecule has 0 unspecified atom stereocenters. The van der Waals surface area contributed by atoms with Crippen LogP contribution in [-0.2, 0) is 12.6 Å². The van der Waals surface area contributed by atoms with Crippen molar-refractivity contribution in [2.75, 3.05) is 0 Å². The van der Waals surface area contributed by atoms with Crippen molar-refractivity contribution < 1.29 is 31.1 Å². The van der Waals surface area contributed by atoms with Gasteiger partial charge in [-0.15, -0.1) is 13.2 Å². The molecule has 0 spiro atoms. The predicted octanol–water partition coefficient (Wildman–Crippen LogP) is 2.36. The zero-order valence-corrected chi connectivity index (χ0v) is 8.82. The van der Waals surface area contributed by atoms with Crippen LogP contribution >= 0.6 is 0 Å². The number of aromatic nitrogens is 1. The number of ether oxygens (including phenoxy) is 1. The summed E-state index contributed by atoms with van der Waals surface area (Å²) in [7, 11) is 0. The summed E-state index contributed by atoms with van der Waals surface area (Å²) in [6.45, 7) is 0. The minimum Gasteiger partial charge on any atom is -0.405 e. The van der Waals surface area contributed by atoms with Crippen molar-refractivity contribution in [2.45, 2.75) is 19.0 Å². The quantitative estimate of drug-likeness (QED) is 0.849. The first-order valence-corrected chi connectivity index (χ1v) is 4.50. The summed E-state index contributed by atoms with van der Waals surface area (Å²) in [4.78, 5) is 12.6. The molecule has 0 aliphatic rings. The molecule has 0 radical (unpaired) electrons. The monoisotopic (exact) mass is 286 g/mol. The van der Waals surface area contributed by atoms with Crippen LogP contribution in [0.1, 0.15) is 11.3 Å². The highest BCUT2D eigenvalue weighted by Gasteiger charge is 2.41. The molecule has 0 saturated heterocycles. The second-order valence-corrected chi connectivity index (χ2v) is 3.23. The first-order chi connectivity index (χ1) is 8.54. The van der Waals surface area contributed by atoms with E-state index in [4.69, 9.17) is 5.26 Å². The number of H-pyrrole nitrogens is 1. The van der Waals surface area contributed by atoms with Crippen molar-refractivity contribution in [1.29, 1.82) is 5.26 Å². The number of rotatable bonds is 2. The van der Waals surface area contributed by atoms with E-state index in [2.05, 4.69) is 4.74 Å². The summed E-state index contributed by atoms with van der Waals surface area (Å²) < 4.78 is 77.1. The zero-order valence-electron chi connectivity index (χ0n) is 8.82. The number of alkyl halides is 6. The summed E-state index contributed by atoms with van der Waals surface area (Å²) in [6.07, 6.45) is -11.5. The van der Waals surface area contributed by atoms with Crippen LogP contribution in [0.3, 0.4) is 0 Å². The molecule has 0 atom stereocenters. The molecule has 4 nitrogen and oxygen atoms in total. The molecule has 0 aliphatic heterocycles. The van der Waals surface area contributed by atoms with Crippen molar-refractivity contribution in [3.8, 4) is 11.8 Å². The molecular weight excluding hydrogens is 282 g/mol. The molecule has 0 bridgehead atoms. The maximum Gasteiger partial charge on any atom is 0.573 e. The van der Waals surface area contributed by atoms with Gasteiger partial charge in [-0.25, -0.2) is 0 Å². The van der Waals surface area contributed by atoms with Gasteiger partial charge in [0, 0.05) is 11.8 Å². The molecule has 1 N–H and O–H groups in total. The topological polar surface area (TPSA) is 65.9 Å². The molecule has 1 rings (SSSR count). The highest BCUT2D eigenvalue weighted by Crippen LogP contribution is 2.39. The molecule has 104 valence electrons. The van der Waals surface area contributed by atoms with Gasteiger partial charge in [-0.3, -0.25) is 4.79 Å². The first-order valence-electron chi connectivity index (χ1n) is 4.50. The van der Waals surface area contributed by atoms with Crippen molar-refractivity contribution in [3.63, 3.8) is 0 Å². The van der Waals surface area contributed by atoms with E-state index in [0.717, 1.165) is 0 Å². The molecule has 0 aromatic carbocycles. The number of halogens is 6. The maximum absolute atomic E-state index is 12.7. The SMILES string of the molecule is N#CCc1[nH]c(=O)cc(OC(F)(F)F)c1C(F)(F)F. The van der Waals surface area contributed by atoms with E-state index in [0.29, 0.717) is 0 Å². The summed E-state index contributed by atoms with van der Waals surface area (Å²) in [5.74, 6) is -1.69. The van der Waals surface area contributed by atoms with E-state index in [1.165, 1.54) is 6.07 Å². The highest BCUT2D eigenvalue weighted by atomic mass is 19.4. The molecule has 0 aliphatic carbocycles. The van der Waals surface area contributed by atoms with E-state index in [-0.39, 0.29) is 6.07 Å². The largest absolute Gasteiger partial charge is 0.573 e. The Hall–Kier alpha value is -2.18. The van der Waals surface area contributed by atoms with Gasteiger partial charge in [-0.05, 0) is 0 Å². The van der Waals surface area contributed by atoms with Crippen LogP contribution in [0, 0.1) is 11.3 Å². The third kappa shape index (κ3) is 3.90. The van der Waals surface area contributed by atoms with E-state index in [1.807, 2.05) is 0 Å². The normalized spacial score (nSPS) is 12.1. The van der Waals surface area contributed by atoms with E-state index < -0.39 is 41.5 Å². The van der Waals surface area contributed by atoms with Crippen LogP contribution in [0.4, 0.5) is 26.3 Å². The molecule has 1 aromatic heterocycles. The van der Waals surface area contributed by atoms with Crippen LogP contribution in [0.5, 0.6) is 5.75 Å². The van der Waals surface area contributed by atoms with Gasteiger partial charge in [0.05, 0.1) is 12.5 Å². The van der Waals surface area contributed by atoms with E-state index in [9.17, 15) is 31.1 Å². The number of nitriles is 1. The molecule has 10 heteroatoms. The van der Waals surface area contributed by atoms with Crippen molar-refractivity contribution in [3.05, 3.63) is 27.7 Å². The predicted molar refractivity (Wildman–Crippen MR) is 48.1 cm³/mol. The van der Waals surface area contributed by atoms with Crippen molar-refractivity contribution in [1.82, 2.24) is 4.98 Å². The Labute approximate surface area is 101 Å². The van der Waals surface area contributed by atoms with Gasteiger partial charge in [-0.2, -0.15) is 18.4 Å². The number of hydrogen-bond acceptors (Lipinski definition) is 3. The van der Waals surface area contributed by atoms with Gasteiger partial charge in [0.15, 0.2) is 0 Å². The number of nitrogens with one attached hydrogen (secondary N) is 1. The minimum absolute atomic E-state index is 0.0250. The van der Waals surface area contributed by atoms with Crippen molar-refractivity contribution in [2.24, 2.45) is 0 Å². The van der Waals surface area contributed by atoms with Crippen LogP contribution in [0.2, 0.25) is 0 Å². The van der Waals surface area contributed by atoms with Crippen LogP contribution in [0.25, 0.3) is 0 Å². The average Bonchev–Trinajstić information content (AvgIpc) is 2.11. The van der Waals surface area contributed by atoms with Gasteiger partial charge < -0.3 is 9.72 Å². The van der Waals surface area contributed by atoms with Crippen LogP contribution < -0.4 is 10.3 Å². The van der Waals surface area contributed by atoms with E-state index in [1.54, 1.807) is 4.98 Å². The number of nitrogens with zero attached hydrogens (tertiary/aromatic N) is 1. The fourth-order valence-corrected chi connectivity index (χ4v) is 1.31. The third-order valence-corrected chi connectivity index (χ3v) is 1.85. The lowest BCUT2D eigenvalue weighted by molar-refractivity contribution is -0.276. The Balaban J connectivity index is 3.52. The van der Waals surface area contributed by atoms with E-state index >= 15 is 0 Å². The molecule has 1 heterocycles. The van der Waals surface area contributed by atoms with Crippen molar-refractivity contribution >= 4 is 0 Å². The summed E-state index contributed by atoms with van der Waals surface area (Å²) in [6, 6.07) is 1.33. The van der Waals surface area contributed by atoms with Gasteiger partial charge in [0.25, 0.3) is 5.56 Å². The molecule has 1 aromatic rings.